The van der Waals surface area contributed by atoms with E-state index in [0.29, 0.717) is 0 Å². The van der Waals surface area contributed by atoms with Crippen LogP contribution in [0.3, 0.4) is 0 Å². The quantitative estimate of drug-likeness (QED) is 0.485. The SMILES string of the molecule is CC(NC(=O)CN(C)S(C)(=O)=O)c1ccc(CNC(=O)CN(C)S(C)(=O)=O)cc1. The minimum atomic E-state index is -3.43. The third-order valence-corrected chi connectivity index (χ3v) is 6.73. The van der Waals surface area contributed by atoms with E-state index in [-0.39, 0.29) is 25.7 Å². The van der Waals surface area contributed by atoms with E-state index in [1.807, 2.05) is 0 Å². The summed E-state index contributed by atoms with van der Waals surface area (Å²) in [5, 5.41) is 5.37. The molecule has 0 saturated heterocycles. The van der Waals surface area contributed by atoms with Gasteiger partial charge in [-0.15, -0.1) is 0 Å². The Morgan fingerprint density at radius 2 is 1.34 bits per heavy atom. The molecule has 2 N–H and O–H groups in total. The van der Waals surface area contributed by atoms with Gasteiger partial charge in [0.15, 0.2) is 0 Å². The zero-order chi connectivity index (χ0) is 22.4. The number of hydrogen-bond donors (Lipinski definition) is 2. The van der Waals surface area contributed by atoms with Gasteiger partial charge in [-0.25, -0.2) is 16.8 Å². The summed E-state index contributed by atoms with van der Waals surface area (Å²) in [6.07, 6.45) is 2.05. The van der Waals surface area contributed by atoms with Crippen LogP contribution in [0.5, 0.6) is 0 Å². The molecule has 1 rings (SSSR count). The smallest absolute Gasteiger partial charge is 0.235 e. The molecule has 0 aromatic heterocycles. The predicted octanol–water partition coefficient (Wildman–Crippen LogP) is -0.737. The van der Waals surface area contributed by atoms with Gasteiger partial charge >= 0.3 is 0 Å². The van der Waals surface area contributed by atoms with Crippen LogP contribution in [0, 0.1) is 0 Å². The Labute approximate surface area is 172 Å². The lowest BCUT2D eigenvalue weighted by Crippen LogP contribution is -2.38. The Morgan fingerprint density at radius 1 is 0.897 bits per heavy atom. The molecule has 0 radical (unpaired) electrons. The molecule has 2 amide bonds. The van der Waals surface area contributed by atoms with Crippen LogP contribution in [-0.4, -0.2) is 77.0 Å². The fourth-order valence-corrected chi connectivity index (χ4v) is 2.89. The summed E-state index contributed by atoms with van der Waals surface area (Å²) >= 11 is 0. The van der Waals surface area contributed by atoms with Gasteiger partial charge in [-0.2, -0.15) is 8.61 Å². The first-order valence-electron chi connectivity index (χ1n) is 8.67. The van der Waals surface area contributed by atoms with Crippen LogP contribution in [0.15, 0.2) is 24.3 Å². The van der Waals surface area contributed by atoms with Crippen molar-refractivity contribution >= 4 is 31.9 Å². The van der Waals surface area contributed by atoms with Crippen molar-refractivity contribution in [1.82, 2.24) is 19.2 Å². The second kappa shape index (κ2) is 10.1. The maximum atomic E-state index is 12.0. The van der Waals surface area contributed by atoms with Gasteiger partial charge in [0.2, 0.25) is 31.9 Å². The van der Waals surface area contributed by atoms with Crippen molar-refractivity contribution in [3.8, 4) is 0 Å². The lowest BCUT2D eigenvalue weighted by atomic mass is 10.1. The molecule has 0 aliphatic heterocycles. The van der Waals surface area contributed by atoms with E-state index in [1.54, 1.807) is 31.2 Å². The van der Waals surface area contributed by atoms with E-state index < -0.39 is 31.9 Å². The van der Waals surface area contributed by atoms with E-state index in [0.717, 1.165) is 32.2 Å². The van der Waals surface area contributed by atoms with Gasteiger partial charge in [-0.3, -0.25) is 9.59 Å². The molecule has 164 valence electrons. The summed E-state index contributed by atoms with van der Waals surface area (Å²) in [7, 11) is -4.20. The molecular weight excluding hydrogens is 420 g/mol. The number of likely N-dealkylation sites (N-methyl/N-ethyl adjacent to an activating group) is 2. The maximum Gasteiger partial charge on any atom is 0.235 e. The molecule has 0 heterocycles. The van der Waals surface area contributed by atoms with Crippen LogP contribution in [0.25, 0.3) is 0 Å². The highest BCUT2D eigenvalue weighted by Gasteiger charge is 2.17. The zero-order valence-electron chi connectivity index (χ0n) is 17.2. The van der Waals surface area contributed by atoms with E-state index in [1.165, 1.54) is 14.1 Å². The van der Waals surface area contributed by atoms with Crippen LogP contribution in [-0.2, 0) is 36.2 Å². The fraction of sp³-hybridized carbons (Fsp3) is 0.529. The summed E-state index contributed by atoms with van der Waals surface area (Å²) in [5.74, 6) is -0.839. The average molecular weight is 449 g/mol. The third kappa shape index (κ3) is 8.90. The highest BCUT2D eigenvalue weighted by Crippen LogP contribution is 2.13. The second-order valence-corrected chi connectivity index (χ2v) is 11.0. The summed E-state index contributed by atoms with van der Waals surface area (Å²) in [5.41, 5.74) is 1.62. The van der Waals surface area contributed by atoms with Crippen molar-refractivity contribution < 1.29 is 26.4 Å². The van der Waals surface area contributed by atoms with Crippen molar-refractivity contribution in [2.45, 2.75) is 19.5 Å². The Kier molecular flexibility index (Phi) is 8.75. The van der Waals surface area contributed by atoms with Gasteiger partial charge in [0.1, 0.15) is 0 Å². The molecule has 0 aliphatic carbocycles. The van der Waals surface area contributed by atoms with E-state index >= 15 is 0 Å². The lowest BCUT2D eigenvalue weighted by molar-refractivity contribution is -0.122. The first-order valence-corrected chi connectivity index (χ1v) is 12.4. The molecule has 1 atom stereocenters. The van der Waals surface area contributed by atoms with Gasteiger partial charge in [-0.05, 0) is 18.1 Å². The van der Waals surface area contributed by atoms with Crippen LogP contribution in [0.1, 0.15) is 24.1 Å². The molecule has 0 spiro atoms. The van der Waals surface area contributed by atoms with Gasteiger partial charge in [0.25, 0.3) is 0 Å². The fourth-order valence-electron chi connectivity index (χ4n) is 2.19. The number of carbonyl (C=O) groups excluding carboxylic acids is 2. The van der Waals surface area contributed by atoms with Crippen molar-refractivity contribution in [3.63, 3.8) is 0 Å². The lowest BCUT2D eigenvalue weighted by Gasteiger charge is -2.18. The number of amides is 2. The van der Waals surface area contributed by atoms with Crippen LogP contribution in [0.2, 0.25) is 0 Å². The number of rotatable bonds is 10. The first-order chi connectivity index (χ1) is 13.2. The second-order valence-electron chi connectivity index (χ2n) is 6.85. The molecule has 29 heavy (non-hydrogen) atoms. The predicted molar refractivity (Wildman–Crippen MR) is 110 cm³/mol. The number of carbonyl (C=O) groups is 2. The topological polar surface area (TPSA) is 133 Å². The molecule has 1 aromatic rings. The Morgan fingerprint density at radius 3 is 1.79 bits per heavy atom. The standard InChI is InChI=1S/C17H28N4O6S2/c1-13(19-17(23)12-21(3)29(5,26)27)15-8-6-14(7-9-15)10-18-16(22)11-20(2)28(4,24)25/h6-9,13H,10-12H2,1-5H3,(H,18,22)(H,19,23). The molecule has 1 aromatic carbocycles. The van der Waals surface area contributed by atoms with Crippen LogP contribution in [0.4, 0.5) is 0 Å². The number of nitrogens with zero attached hydrogens (tertiary/aromatic N) is 2. The molecule has 12 heteroatoms. The van der Waals surface area contributed by atoms with Crippen molar-refractivity contribution in [2.75, 3.05) is 39.7 Å². The Balaban J connectivity index is 2.56. The molecular formula is C17H28N4O6S2. The van der Waals surface area contributed by atoms with Crippen molar-refractivity contribution in [1.29, 1.82) is 0 Å². The first kappa shape index (κ1) is 25.0. The van der Waals surface area contributed by atoms with Gasteiger partial charge in [0, 0.05) is 20.6 Å². The monoisotopic (exact) mass is 448 g/mol. The van der Waals surface area contributed by atoms with Gasteiger partial charge in [0.05, 0.1) is 31.6 Å². The number of hydrogen-bond acceptors (Lipinski definition) is 6. The number of sulfonamides is 2. The molecule has 0 saturated carbocycles. The molecule has 1 unspecified atom stereocenters. The normalized spacial score (nSPS) is 13.3. The molecule has 0 fully saturated rings. The summed E-state index contributed by atoms with van der Waals surface area (Å²) in [6.45, 7) is 1.48. The average Bonchev–Trinajstić information content (AvgIpc) is 2.58. The summed E-state index contributed by atoms with van der Waals surface area (Å²) in [6, 6.07) is 6.80. The van der Waals surface area contributed by atoms with E-state index in [2.05, 4.69) is 10.6 Å². The summed E-state index contributed by atoms with van der Waals surface area (Å²) < 4.78 is 47.3. The number of benzene rings is 1. The highest BCUT2D eigenvalue weighted by molar-refractivity contribution is 7.88. The highest BCUT2D eigenvalue weighted by atomic mass is 32.2. The minimum absolute atomic E-state index is 0.233. The van der Waals surface area contributed by atoms with Crippen molar-refractivity contribution in [3.05, 3.63) is 35.4 Å². The minimum Gasteiger partial charge on any atom is -0.351 e. The maximum absolute atomic E-state index is 12.0. The third-order valence-electron chi connectivity index (χ3n) is 4.21. The zero-order valence-corrected chi connectivity index (χ0v) is 18.8. The van der Waals surface area contributed by atoms with Crippen LogP contribution < -0.4 is 10.6 Å². The van der Waals surface area contributed by atoms with Gasteiger partial charge < -0.3 is 10.6 Å². The van der Waals surface area contributed by atoms with Crippen molar-refractivity contribution in [2.24, 2.45) is 0 Å². The number of nitrogens with one attached hydrogen (secondary N) is 2. The summed E-state index contributed by atoms with van der Waals surface area (Å²) in [4.78, 5) is 23.8. The Bertz CT molecular complexity index is 929. The molecule has 0 bridgehead atoms. The largest absolute Gasteiger partial charge is 0.351 e. The molecule has 10 nitrogen and oxygen atoms in total. The van der Waals surface area contributed by atoms with E-state index in [4.69, 9.17) is 0 Å². The van der Waals surface area contributed by atoms with Crippen LogP contribution >= 0.6 is 0 Å². The van der Waals surface area contributed by atoms with E-state index in [9.17, 15) is 26.4 Å². The Hall–Kier alpha value is -2.02. The molecule has 0 aliphatic rings. The van der Waals surface area contributed by atoms with Gasteiger partial charge in [-0.1, -0.05) is 24.3 Å².